The van der Waals surface area contributed by atoms with Crippen molar-refractivity contribution in [1.82, 2.24) is 0 Å². The van der Waals surface area contributed by atoms with Crippen LogP contribution in [0.25, 0.3) is 0 Å². The van der Waals surface area contributed by atoms with Crippen molar-refractivity contribution in [2.75, 3.05) is 12.4 Å². The van der Waals surface area contributed by atoms with E-state index in [4.69, 9.17) is 0 Å². The third kappa shape index (κ3) is 1.57. The molecule has 1 N–H and O–H groups in total. The molecule has 0 atom stereocenters. The monoisotopic (exact) mass is 175 g/mol. The molecule has 0 unspecified atom stereocenters. The van der Waals surface area contributed by atoms with Crippen molar-refractivity contribution in [2.45, 2.75) is 19.3 Å². The standard InChI is InChI=1S/C11H13NO/c1-12-10-4-2-8-3-5-11(13)7-9(8)6-10/h2,4,6,12H,3,5,7H2,1H3. The Hall–Kier alpha value is -1.31. The van der Waals surface area contributed by atoms with Crippen LogP contribution in [0.3, 0.4) is 0 Å². The summed E-state index contributed by atoms with van der Waals surface area (Å²) in [5.41, 5.74) is 3.62. The summed E-state index contributed by atoms with van der Waals surface area (Å²) in [4.78, 5) is 11.2. The van der Waals surface area contributed by atoms with Crippen LogP contribution in [0, 0.1) is 0 Å². The van der Waals surface area contributed by atoms with E-state index in [-0.39, 0.29) is 0 Å². The van der Waals surface area contributed by atoms with Crippen LogP contribution in [0.2, 0.25) is 0 Å². The molecule has 0 saturated heterocycles. The van der Waals surface area contributed by atoms with Gasteiger partial charge in [-0.05, 0) is 29.7 Å². The Morgan fingerprint density at radius 2 is 2.08 bits per heavy atom. The topological polar surface area (TPSA) is 29.1 Å². The lowest BCUT2D eigenvalue weighted by Gasteiger charge is -2.15. The first-order valence-corrected chi connectivity index (χ1v) is 4.61. The molecule has 0 heterocycles. The molecule has 0 saturated carbocycles. The van der Waals surface area contributed by atoms with E-state index in [2.05, 4.69) is 23.5 Å². The van der Waals surface area contributed by atoms with Gasteiger partial charge in [0.2, 0.25) is 0 Å². The minimum atomic E-state index is 0.362. The van der Waals surface area contributed by atoms with Gasteiger partial charge in [-0.15, -0.1) is 0 Å². The molecule has 2 heteroatoms. The molecule has 0 spiro atoms. The minimum Gasteiger partial charge on any atom is -0.388 e. The quantitative estimate of drug-likeness (QED) is 0.705. The molecule has 1 aliphatic rings. The number of fused-ring (bicyclic) bond motifs is 1. The molecule has 1 aliphatic carbocycles. The smallest absolute Gasteiger partial charge is 0.137 e. The number of anilines is 1. The third-order valence-corrected chi connectivity index (χ3v) is 2.56. The van der Waals surface area contributed by atoms with Gasteiger partial charge in [-0.3, -0.25) is 4.79 Å². The van der Waals surface area contributed by atoms with Crippen molar-refractivity contribution in [2.24, 2.45) is 0 Å². The number of Topliss-reactive ketones (excluding diaryl/α,β-unsaturated/α-hetero) is 1. The summed E-state index contributed by atoms with van der Waals surface area (Å²) < 4.78 is 0. The Morgan fingerprint density at radius 1 is 1.23 bits per heavy atom. The van der Waals surface area contributed by atoms with E-state index in [1.54, 1.807) is 0 Å². The van der Waals surface area contributed by atoms with Gasteiger partial charge in [-0.25, -0.2) is 0 Å². The van der Waals surface area contributed by atoms with E-state index in [0.717, 1.165) is 12.1 Å². The molecule has 1 aromatic rings. The summed E-state index contributed by atoms with van der Waals surface area (Å²) in [6, 6.07) is 6.26. The molecule has 2 rings (SSSR count). The van der Waals surface area contributed by atoms with Gasteiger partial charge in [0.25, 0.3) is 0 Å². The van der Waals surface area contributed by atoms with E-state index >= 15 is 0 Å². The molecule has 0 aliphatic heterocycles. The fourth-order valence-electron chi connectivity index (χ4n) is 1.76. The number of hydrogen-bond donors (Lipinski definition) is 1. The zero-order valence-electron chi connectivity index (χ0n) is 7.76. The largest absolute Gasteiger partial charge is 0.388 e. The maximum atomic E-state index is 11.2. The summed E-state index contributed by atoms with van der Waals surface area (Å²) in [7, 11) is 1.90. The third-order valence-electron chi connectivity index (χ3n) is 2.56. The molecule has 13 heavy (non-hydrogen) atoms. The zero-order valence-corrected chi connectivity index (χ0v) is 7.76. The highest BCUT2D eigenvalue weighted by atomic mass is 16.1. The van der Waals surface area contributed by atoms with Crippen LogP contribution < -0.4 is 5.32 Å². The minimum absolute atomic E-state index is 0.362. The predicted octanol–water partition coefficient (Wildman–Crippen LogP) is 1.79. The molecule has 1 aromatic carbocycles. The number of ketones is 1. The fourth-order valence-corrected chi connectivity index (χ4v) is 1.76. The maximum Gasteiger partial charge on any atom is 0.137 e. The Morgan fingerprint density at radius 3 is 2.85 bits per heavy atom. The Labute approximate surface area is 78.0 Å². The average molecular weight is 175 g/mol. The molecular formula is C11H13NO. The summed E-state index contributed by atoms with van der Waals surface area (Å²) in [6.45, 7) is 0. The van der Waals surface area contributed by atoms with Crippen LogP contribution in [-0.2, 0) is 17.6 Å². The first-order chi connectivity index (χ1) is 6.29. The molecule has 0 radical (unpaired) electrons. The van der Waals surface area contributed by atoms with Crippen molar-refractivity contribution in [1.29, 1.82) is 0 Å². The normalized spacial score (nSPS) is 15.3. The molecule has 0 aromatic heterocycles. The van der Waals surface area contributed by atoms with Crippen LogP contribution in [0.15, 0.2) is 18.2 Å². The van der Waals surface area contributed by atoms with Crippen molar-refractivity contribution < 1.29 is 4.79 Å². The Balaban J connectivity index is 2.38. The van der Waals surface area contributed by atoms with Gasteiger partial charge in [0.15, 0.2) is 0 Å². The van der Waals surface area contributed by atoms with Crippen LogP contribution in [0.5, 0.6) is 0 Å². The van der Waals surface area contributed by atoms with Gasteiger partial charge in [-0.1, -0.05) is 6.07 Å². The van der Waals surface area contributed by atoms with Crippen LogP contribution >= 0.6 is 0 Å². The van der Waals surface area contributed by atoms with Crippen LogP contribution in [-0.4, -0.2) is 12.8 Å². The number of carbonyl (C=O) groups is 1. The van der Waals surface area contributed by atoms with E-state index in [0.29, 0.717) is 18.6 Å². The summed E-state index contributed by atoms with van der Waals surface area (Å²) in [5.74, 6) is 0.362. The molecular weight excluding hydrogens is 162 g/mol. The molecule has 0 bridgehead atoms. The summed E-state index contributed by atoms with van der Waals surface area (Å²) >= 11 is 0. The van der Waals surface area contributed by atoms with Gasteiger partial charge in [-0.2, -0.15) is 0 Å². The van der Waals surface area contributed by atoms with Crippen LogP contribution in [0.1, 0.15) is 17.5 Å². The first-order valence-electron chi connectivity index (χ1n) is 4.61. The van der Waals surface area contributed by atoms with Gasteiger partial charge in [0, 0.05) is 25.6 Å². The lowest BCUT2D eigenvalue weighted by Crippen LogP contribution is -2.13. The number of benzene rings is 1. The van der Waals surface area contributed by atoms with Gasteiger partial charge in [0.1, 0.15) is 5.78 Å². The molecule has 0 amide bonds. The van der Waals surface area contributed by atoms with E-state index in [1.807, 2.05) is 7.05 Å². The first kappa shape index (κ1) is 8.30. The van der Waals surface area contributed by atoms with Gasteiger partial charge >= 0.3 is 0 Å². The lowest BCUT2D eigenvalue weighted by molar-refractivity contribution is -0.118. The highest BCUT2D eigenvalue weighted by molar-refractivity contribution is 5.83. The SMILES string of the molecule is CNc1ccc2c(c1)CC(=O)CC2. The van der Waals surface area contributed by atoms with Crippen molar-refractivity contribution in [3.8, 4) is 0 Å². The Bertz CT molecular complexity index is 344. The zero-order chi connectivity index (χ0) is 9.26. The van der Waals surface area contributed by atoms with E-state index in [9.17, 15) is 4.79 Å². The maximum absolute atomic E-state index is 11.2. The lowest BCUT2D eigenvalue weighted by atomic mass is 9.90. The van der Waals surface area contributed by atoms with Crippen LogP contribution in [0.4, 0.5) is 5.69 Å². The molecule has 0 fully saturated rings. The molecule has 2 nitrogen and oxygen atoms in total. The average Bonchev–Trinajstić information content (AvgIpc) is 2.16. The summed E-state index contributed by atoms with van der Waals surface area (Å²) in [5, 5.41) is 3.08. The highest BCUT2D eigenvalue weighted by Gasteiger charge is 2.14. The second kappa shape index (κ2) is 3.21. The second-order valence-electron chi connectivity index (χ2n) is 3.45. The number of aryl methyl sites for hydroxylation is 1. The Kier molecular flexibility index (Phi) is 2.05. The summed E-state index contributed by atoms with van der Waals surface area (Å²) in [6.07, 6.45) is 2.24. The van der Waals surface area contributed by atoms with Gasteiger partial charge in [0.05, 0.1) is 0 Å². The fraction of sp³-hybridized carbons (Fsp3) is 0.364. The van der Waals surface area contributed by atoms with E-state index in [1.165, 1.54) is 11.1 Å². The number of nitrogens with one attached hydrogen (secondary N) is 1. The van der Waals surface area contributed by atoms with Crippen molar-refractivity contribution in [3.05, 3.63) is 29.3 Å². The predicted molar refractivity (Wildman–Crippen MR) is 53.0 cm³/mol. The molecule has 68 valence electrons. The second-order valence-corrected chi connectivity index (χ2v) is 3.45. The van der Waals surface area contributed by atoms with Gasteiger partial charge < -0.3 is 5.32 Å². The van der Waals surface area contributed by atoms with Crippen molar-refractivity contribution in [3.63, 3.8) is 0 Å². The number of carbonyl (C=O) groups excluding carboxylic acids is 1. The number of hydrogen-bond acceptors (Lipinski definition) is 2. The van der Waals surface area contributed by atoms with E-state index < -0.39 is 0 Å². The van der Waals surface area contributed by atoms with Crippen molar-refractivity contribution >= 4 is 11.5 Å². The highest BCUT2D eigenvalue weighted by Crippen LogP contribution is 2.22. The number of rotatable bonds is 1.